The van der Waals surface area contributed by atoms with Crippen molar-refractivity contribution in [3.63, 3.8) is 0 Å². The van der Waals surface area contributed by atoms with Gasteiger partial charge in [-0.15, -0.1) is 0 Å². The molecule has 0 saturated heterocycles. The van der Waals surface area contributed by atoms with Crippen LogP contribution >= 0.6 is 0 Å². The van der Waals surface area contributed by atoms with E-state index in [2.05, 4.69) is 5.32 Å². The topological polar surface area (TPSA) is 49.4 Å². The van der Waals surface area contributed by atoms with Gasteiger partial charge in [-0.1, -0.05) is 6.07 Å². The number of benzene rings is 1. The van der Waals surface area contributed by atoms with Crippen molar-refractivity contribution in [3.8, 4) is 0 Å². The normalized spacial score (nSPS) is 12.1. The summed E-state index contributed by atoms with van der Waals surface area (Å²) < 4.78 is 51.8. The molecular formula is C11H16F2N2O2S. The predicted octanol–water partition coefficient (Wildman–Crippen LogP) is 1.19. The molecular weight excluding hydrogens is 262 g/mol. The molecule has 102 valence electrons. The highest BCUT2D eigenvalue weighted by Gasteiger charge is 2.27. The minimum atomic E-state index is -4.13. The highest BCUT2D eigenvalue weighted by molar-refractivity contribution is 7.89. The summed E-state index contributed by atoms with van der Waals surface area (Å²) in [5, 5.41) is 2.87. The molecule has 1 N–H and O–H groups in total. The number of nitrogens with zero attached hydrogens (tertiary/aromatic N) is 1. The SMILES string of the molecule is CNCCCN(C)S(=O)(=O)c1c(F)cccc1F. The number of sulfonamides is 1. The molecule has 18 heavy (non-hydrogen) atoms. The van der Waals surface area contributed by atoms with E-state index in [1.54, 1.807) is 7.05 Å². The number of nitrogens with one attached hydrogen (secondary N) is 1. The average molecular weight is 278 g/mol. The quantitative estimate of drug-likeness (QED) is 0.795. The summed E-state index contributed by atoms with van der Waals surface area (Å²) in [4.78, 5) is -0.892. The van der Waals surface area contributed by atoms with Crippen LogP contribution < -0.4 is 5.32 Å². The second-order valence-corrected chi connectivity index (χ2v) is 5.82. The summed E-state index contributed by atoms with van der Waals surface area (Å²) in [5.74, 6) is -2.15. The summed E-state index contributed by atoms with van der Waals surface area (Å²) in [6.45, 7) is 0.816. The number of hydrogen-bond acceptors (Lipinski definition) is 3. The lowest BCUT2D eigenvalue weighted by Gasteiger charge is -2.17. The molecule has 0 spiro atoms. The molecule has 0 radical (unpaired) electrons. The van der Waals surface area contributed by atoms with Gasteiger partial charge in [0.05, 0.1) is 0 Å². The molecule has 0 saturated carbocycles. The van der Waals surface area contributed by atoms with Gasteiger partial charge in [-0.3, -0.25) is 0 Å². The van der Waals surface area contributed by atoms with Crippen LogP contribution in [0.5, 0.6) is 0 Å². The van der Waals surface area contributed by atoms with Crippen LogP contribution in [0.4, 0.5) is 8.78 Å². The Bertz CT molecular complexity index is 486. The Hall–Kier alpha value is -1.05. The Balaban J connectivity index is 2.99. The van der Waals surface area contributed by atoms with Gasteiger partial charge in [0, 0.05) is 13.6 Å². The molecule has 0 aliphatic rings. The Morgan fingerprint density at radius 3 is 2.33 bits per heavy atom. The van der Waals surface area contributed by atoms with Gasteiger partial charge in [-0.05, 0) is 32.1 Å². The molecule has 0 aliphatic heterocycles. The third kappa shape index (κ3) is 3.24. The highest BCUT2D eigenvalue weighted by Crippen LogP contribution is 2.21. The van der Waals surface area contributed by atoms with E-state index in [4.69, 9.17) is 0 Å². The monoisotopic (exact) mass is 278 g/mol. The molecule has 0 aromatic heterocycles. The zero-order valence-corrected chi connectivity index (χ0v) is 11.1. The first-order chi connectivity index (χ1) is 8.41. The van der Waals surface area contributed by atoms with E-state index in [0.29, 0.717) is 13.0 Å². The van der Waals surface area contributed by atoms with Crippen LogP contribution in [0.3, 0.4) is 0 Å². The van der Waals surface area contributed by atoms with Gasteiger partial charge >= 0.3 is 0 Å². The molecule has 4 nitrogen and oxygen atoms in total. The van der Waals surface area contributed by atoms with Crippen molar-refractivity contribution in [1.29, 1.82) is 0 Å². The molecule has 0 heterocycles. The van der Waals surface area contributed by atoms with Crippen molar-refractivity contribution in [3.05, 3.63) is 29.8 Å². The standard InChI is InChI=1S/C11H16F2N2O2S/c1-14-7-4-8-15(2)18(16,17)11-9(12)5-3-6-10(11)13/h3,5-6,14H,4,7-8H2,1-2H3. The summed E-state index contributed by atoms with van der Waals surface area (Å²) in [7, 11) is -1.08. The predicted molar refractivity (Wildman–Crippen MR) is 64.7 cm³/mol. The number of hydrogen-bond donors (Lipinski definition) is 1. The summed E-state index contributed by atoms with van der Waals surface area (Å²) in [5.41, 5.74) is 0. The smallest absolute Gasteiger partial charge is 0.248 e. The fourth-order valence-electron chi connectivity index (χ4n) is 1.48. The van der Waals surface area contributed by atoms with Crippen LogP contribution in [0.25, 0.3) is 0 Å². The maximum Gasteiger partial charge on any atom is 0.248 e. The fraction of sp³-hybridized carbons (Fsp3) is 0.455. The minimum Gasteiger partial charge on any atom is -0.320 e. The van der Waals surface area contributed by atoms with Crippen LogP contribution in [0.1, 0.15) is 6.42 Å². The van der Waals surface area contributed by atoms with Crippen LogP contribution in [-0.4, -0.2) is 39.9 Å². The van der Waals surface area contributed by atoms with Crippen LogP contribution in [0.2, 0.25) is 0 Å². The second kappa shape index (κ2) is 6.21. The van der Waals surface area contributed by atoms with Crippen molar-refractivity contribution in [2.45, 2.75) is 11.3 Å². The molecule has 1 aromatic rings. The largest absolute Gasteiger partial charge is 0.320 e. The lowest BCUT2D eigenvalue weighted by Crippen LogP contribution is -2.30. The van der Waals surface area contributed by atoms with Crippen molar-refractivity contribution >= 4 is 10.0 Å². The van der Waals surface area contributed by atoms with E-state index in [9.17, 15) is 17.2 Å². The first-order valence-corrected chi connectivity index (χ1v) is 6.90. The molecule has 7 heteroatoms. The Morgan fingerprint density at radius 2 is 1.83 bits per heavy atom. The molecule has 0 aliphatic carbocycles. The van der Waals surface area contributed by atoms with Crippen molar-refractivity contribution in [2.75, 3.05) is 27.2 Å². The lowest BCUT2D eigenvalue weighted by molar-refractivity contribution is 0.442. The van der Waals surface area contributed by atoms with Crippen molar-refractivity contribution in [1.82, 2.24) is 9.62 Å². The maximum atomic E-state index is 13.4. The summed E-state index contributed by atoms with van der Waals surface area (Å²) in [6.07, 6.45) is 0.558. The molecule has 0 unspecified atom stereocenters. The van der Waals surface area contributed by atoms with Gasteiger partial charge in [0.2, 0.25) is 10.0 Å². The molecule has 0 amide bonds. The maximum absolute atomic E-state index is 13.4. The molecule has 1 rings (SSSR count). The molecule has 0 bridgehead atoms. The van der Waals surface area contributed by atoms with Gasteiger partial charge in [0.25, 0.3) is 0 Å². The minimum absolute atomic E-state index is 0.191. The summed E-state index contributed by atoms with van der Waals surface area (Å²) >= 11 is 0. The Kier molecular flexibility index (Phi) is 5.18. The van der Waals surface area contributed by atoms with Crippen LogP contribution in [0.15, 0.2) is 23.1 Å². The van der Waals surface area contributed by atoms with Crippen molar-refractivity contribution in [2.24, 2.45) is 0 Å². The van der Waals surface area contributed by atoms with Gasteiger partial charge < -0.3 is 5.32 Å². The third-order valence-corrected chi connectivity index (χ3v) is 4.40. The first kappa shape index (κ1) is 15.0. The Morgan fingerprint density at radius 1 is 1.28 bits per heavy atom. The molecule has 0 fully saturated rings. The van der Waals surface area contributed by atoms with E-state index in [-0.39, 0.29) is 6.54 Å². The summed E-state index contributed by atoms with van der Waals surface area (Å²) in [6, 6.07) is 2.99. The average Bonchev–Trinajstić information content (AvgIpc) is 2.28. The zero-order valence-electron chi connectivity index (χ0n) is 10.3. The van der Waals surface area contributed by atoms with E-state index in [1.165, 1.54) is 7.05 Å². The van der Waals surface area contributed by atoms with Gasteiger partial charge in [0.1, 0.15) is 11.6 Å². The van der Waals surface area contributed by atoms with Gasteiger partial charge in [-0.25, -0.2) is 21.5 Å². The number of halogens is 2. The van der Waals surface area contributed by atoms with Crippen LogP contribution in [0, 0.1) is 11.6 Å². The third-order valence-electron chi connectivity index (χ3n) is 2.49. The van der Waals surface area contributed by atoms with E-state index in [1.807, 2.05) is 0 Å². The van der Waals surface area contributed by atoms with Crippen LogP contribution in [-0.2, 0) is 10.0 Å². The Labute approximate surface area is 106 Å². The van der Waals surface area contributed by atoms with E-state index < -0.39 is 26.6 Å². The fourth-order valence-corrected chi connectivity index (χ4v) is 2.79. The van der Waals surface area contributed by atoms with Gasteiger partial charge in [-0.2, -0.15) is 0 Å². The zero-order chi connectivity index (χ0) is 13.8. The first-order valence-electron chi connectivity index (χ1n) is 5.46. The van der Waals surface area contributed by atoms with E-state index in [0.717, 1.165) is 22.5 Å². The highest BCUT2D eigenvalue weighted by atomic mass is 32.2. The molecule has 1 aromatic carbocycles. The lowest BCUT2D eigenvalue weighted by atomic mass is 10.3. The second-order valence-electron chi connectivity index (χ2n) is 3.83. The van der Waals surface area contributed by atoms with Crippen molar-refractivity contribution < 1.29 is 17.2 Å². The van der Waals surface area contributed by atoms with Gasteiger partial charge in [0.15, 0.2) is 4.90 Å². The molecule has 0 atom stereocenters. The van der Waals surface area contributed by atoms with E-state index >= 15 is 0 Å². The number of rotatable bonds is 6.